The Balaban J connectivity index is 1.55. The van der Waals surface area contributed by atoms with Gasteiger partial charge in [-0.3, -0.25) is 4.90 Å². The highest BCUT2D eigenvalue weighted by Crippen LogP contribution is 2.45. The summed E-state index contributed by atoms with van der Waals surface area (Å²) in [6.07, 6.45) is 21.1. The van der Waals surface area contributed by atoms with Crippen LogP contribution in [0.4, 0.5) is 0 Å². The molecule has 3 heteroatoms. The molecule has 1 aliphatic carbocycles. The second kappa shape index (κ2) is 15.7. The summed E-state index contributed by atoms with van der Waals surface area (Å²) in [5.74, 6) is 4.05. The first-order valence-corrected chi connectivity index (χ1v) is 16.9. The summed E-state index contributed by atoms with van der Waals surface area (Å²) in [4.78, 5) is 2.53. The van der Waals surface area contributed by atoms with E-state index in [4.69, 9.17) is 4.74 Å². The molecule has 1 heterocycles. The van der Waals surface area contributed by atoms with E-state index in [1.54, 1.807) is 0 Å². The zero-order valence-electron chi connectivity index (χ0n) is 27.4. The van der Waals surface area contributed by atoms with E-state index >= 15 is 0 Å². The van der Waals surface area contributed by atoms with E-state index < -0.39 is 0 Å². The van der Waals surface area contributed by atoms with Gasteiger partial charge >= 0.3 is 0 Å². The molecule has 1 saturated carbocycles. The number of aromatic hydroxyl groups is 1. The highest BCUT2D eigenvalue weighted by molar-refractivity contribution is 5.59. The SMILES string of the molecule is C=CCN(Cc1c(O)c(C)c(C)c2c1CCC(C)(CCCC(C)CCCC(C)CCCC(C)C)O2)C1CCCC1. The molecule has 0 amide bonds. The fourth-order valence-corrected chi connectivity index (χ4v) is 7.30. The number of hydrogen-bond acceptors (Lipinski definition) is 3. The van der Waals surface area contributed by atoms with Crippen molar-refractivity contribution in [2.75, 3.05) is 6.54 Å². The first kappa shape index (κ1) is 33.0. The standard InChI is InChI=1S/C37H63NO2/c1-9-25-38(32-20-10-11-21-32)26-34-33-22-24-37(8,40-36(33)31(7)30(6)35(34)39)23-14-19-29(5)18-13-17-28(4)16-12-15-27(2)3/h9,27-29,32,39H,1,10-26H2,2-8H3. The van der Waals surface area contributed by atoms with Crippen LogP contribution in [0.3, 0.4) is 0 Å². The van der Waals surface area contributed by atoms with E-state index in [0.717, 1.165) is 72.5 Å². The molecule has 0 bridgehead atoms. The lowest BCUT2D eigenvalue weighted by molar-refractivity contribution is 0.0506. The Morgan fingerprint density at radius 1 is 0.950 bits per heavy atom. The Bertz CT molecular complexity index is 931. The summed E-state index contributed by atoms with van der Waals surface area (Å²) < 4.78 is 6.89. The van der Waals surface area contributed by atoms with Gasteiger partial charge in [-0.25, -0.2) is 0 Å². The van der Waals surface area contributed by atoms with Gasteiger partial charge in [0.2, 0.25) is 0 Å². The molecule has 3 nitrogen and oxygen atoms in total. The zero-order chi connectivity index (χ0) is 29.3. The van der Waals surface area contributed by atoms with E-state index in [-0.39, 0.29) is 5.60 Å². The van der Waals surface area contributed by atoms with Crippen molar-refractivity contribution in [1.82, 2.24) is 4.90 Å². The summed E-state index contributed by atoms with van der Waals surface area (Å²) in [5.41, 5.74) is 4.33. The predicted octanol–water partition coefficient (Wildman–Crippen LogP) is 10.5. The van der Waals surface area contributed by atoms with E-state index in [1.165, 1.54) is 82.6 Å². The molecule has 1 N–H and O–H groups in total. The fraction of sp³-hybridized carbons (Fsp3) is 0.784. The van der Waals surface area contributed by atoms with Crippen molar-refractivity contribution in [3.63, 3.8) is 0 Å². The maximum absolute atomic E-state index is 11.3. The number of phenolic OH excluding ortho intramolecular Hbond substituents is 1. The molecule has 2 aliphatic rings. The molecular formula is C37H63NO2. The molecule has 0 aromatic heterocycles. The van der Waals surface area contributed by atoms with Crippen LogP contribution in [-0.2, 0) is 13.0 Å². The van der Waals surface area contributed by atoms with Crippen LogP contribution in [0.5, 0.6) is 11.5 Å². The smallest absolute Gasteiger partial charge is 0.127 e. The molecule has 1 aliphatic heterocycles. The van der Waals surface area contributed by atoms with Gasteiger partial charge in [-0.2, -0.15) is 0 Å². The minimum absolute atomic E-state index is 0.116. The molecule has 228 valence electrons. The molecule has 3 unspecified atom stereocenters. The molecule has 0 saturated heterocycles. The number of nitrogens with zero attached hydrogens (tertiary/aromatic N) is 1. The molecule has 1 aromatic carbocycles. The van der Waals surface area contributed by atoms with Crippen LogP contribution in [0, 0.1) is 31.6 Å². The van der Waals surface area contributed by atoms with E-state index in [9.17, 15) is 5.11 Å². The van der Waals surface area contributed by atoms with Gasteiger partial charge in [0.15, 0.2) is 0 Å². The summed E-state index contributed by atoms with van der Waals surface area (Å²) in [6, 6.07) is 0.597. The maximum atomic E-state index is 11.3. The Kier molecular flexibility index (Phi) is 12.9. The molecule has 3 rings (SSSR count). The Hall–Kier alpha value is -1.48. The molecule has 40 heavy (non-hydrogen) atoms. The van der Waals surface area contributed by atoms with Crippen molar-refractivity contribution in [2.24, 2.45) is 17.8 Å². The van der Waals surface area contributed by atoms with Gasteiger partial charge in [0.25, 0.3) is 0 Å². The van der Waals surface area contributed by atoms with Crippen molar-refractivity contribution < 1.29 is 9.84 Å². The third-order valence-electron chi connectivity index (χ3n) is 10.3. The molecule has 3 atom stereocenters. The van der Waals surface area contributed by atoms with Gasteiger partial charge in [-0.15, -0.1) is 6.58 Å². The predicted molar refractivity (Wildman–Crippen MR) is 173 cm³/mol. The van der Waals surface area contributed by atoms with Gasteiger partial charge in [0.05, 0.1) is 0 Å². The number of benzene rings is 1. The monoisotopic (exact) mass is 553 g/mol. The fourth-order valence-electron chi connectivity index (χ4n) is 7.30. The van der Waals surface area contributed by atoms with Gasteiger partial charge in [-0.1, -0.05) is 91.6 Å². The van der Waals surface area contributed by atoms with Gasteiger partial charge < -0.3 is 9.84 Å². The number of ether oxygens (including phenoxy) is 1. The van der Waals surface area contributed by atoms with Crippen LogP contribution in [0.1, 0.15) is 147 Å². The summed E-state index contributed by atoms with van der Waals surface area (Å²) in [5, 5.41) is 11.3. The van der Waals surface area contributed by atoms with E-state index in [1.807, 2.05) is 6.08 Å². The highest BCUT2D eigenvalue weighted by Gasteiger charge is 2.36. The second-order valence-corrected chi connectivity index (χ2v) is 14.5. The van der Waals surface area contributed by atoms with Crippen molar-refractivity contribution in [2.45, 2.75) is 163 Å². The topological polar surface area (TPSA) is 32.7 Å². The summed E-state index contributed by atoms with van der Waals surface area (Å²) in [7, 11) is 0. The lowest BCUT2D eigenvalue weighted by Gasteiger charge is -2.39. The number of rotatable bonds is 17. The second-order valence-electron chi connectivity index (χ2n) is 14.5. The third-order valence-corrected chi connectivity index (χ3v) is 10.3. The average Bonchev–Trinajstić information content (AvgIpc) is 3.44. The lowest BCUT2D eigenvalue weighted by Crippen LogP contribution is -2.38. The molecule has 0 radical (unpaired) electrons. The lowest BCUT2D eigenvalue weighted by atomic mass is 9.83. The van der Waals surface area contributed by atoms with E-state index in [0.29, 0.717) is 11.8 Å². The number of phenols is 1. The third kappa shape index (κ3) is 9.27. The normalized spacial score (nSPS) is 21.0. The molecule has 1 aromatic rings. The molecular weight excluding hydrogens is 490 g/mol. The van der Waals surface area contributed by atoms with Crippen LogP contribution in [-0.4, -0.2) is 28.2 Å². The minimum Gasteiger partial charge on any atom is -0.507 e. The van der Waals surface area contributed by atoms with Crippen molar-refractivity contribution in [3.05, 3.63) is 34.9 Å². The maximum Gasteiger partial charge on any atom is 0.127 e. The van der Waals surface area contributed by atoms with Gasteiger partial charge in [-0.05, 0) is 88.2 Å². The van der Waals surface area contributed by atoms with Crippen molar-refractivity contribution >= 4 is 0 Å². The first-order chi connectivity index (χ1) is 19.0. The highest BCUT2D eigenvalue weighted by atomic mass is 16.5. The first-order valence-electron chi connectivity index (χ1n) is 16.9. The number of hydrogen-bond donors (Lipinski definition) is 1. The minimum atomic E-state index is -0.116. The Labute approximate surface area is 248 Å². The van der Waals surface area contributed by atoms with Crippen molar-refractivity contribution in [1.29, 1.82) is 0 Å². The van der Waals surface area contributed by atoms with Crippen molar-refractivity contribution in [3.8, 4) is 11.5 Å². The van der Waals surface area contributed by atoms with Crippen LogP contribution < -0.4 is 4.74 Å². The van der Waals surface area contributed by atoms with Gasteiger partial charge in [0.1, 0.15) is 17.1 Å². The summed E-state index contributed by atoms with van der Waals surface area (Å²) >= 11 is 0. The van der Waals surface area contributed by atoms with Crippen LogP contribution in [0.15, 0.2) is 12.7 Å². The van der Waals surface area contributed by atoms with E-state index in [2.05, 4.69) is 59.9 Å². The Morgan fingerprint density at radius 3 is 2.15 bits per heavy atom. The quantitative estimate of drug-likeness (QED) is 0.195. The van der Waals surface area contributed by atoms with Gasteiger partial charge in [0, 0.05) is 30.3 Å². The Morgan fingerprint density at radius 2 is 1.55 bits per heavy atom. The molecule has 1 fully saturated rings. The largest absolute Gasteiger partial charge is 0.507 e. The van der Waals surface area contributed by atoms with Crippen LogP contribution in [0.2, 0.25) is 0 Å². The zero-order valence-corrected chi connectivity index (χ0v) is 27.4. The van der Waals surface area contributed by atoms with Crippen LogP contribution in [0.25, 0.3) is 0 Å². The molecule has 0 spiro atoms. The van der Waals surface area contributed by atoms with Crippen LogP contribution >= 0.6 is 0 Å². The average molecular weight is 554 g/mol. The number of fused-ring (bicyclic) bond motifs is 1. The summed E-state index contributed by atoms with van der Waals surface area (Å²) in [6.45, 7) is 21.8.